The Morgan fingerprint density at radius 2 is 2.05 bits per heavy atom. The number of rotatable bonds is 4. The monoisotopic (exact) mass is 271 g/mol. The molecule has 0 fully saturated rings. The normalized spacial score (nSPS) is 12.0. The maximum Gasteiger partial charge on any atom is 0.401 e. The van der Waals surface area contributed by atoms with E-state index in [1.807, 2.05) is 24.4 Å². The summed E-state index contributed by atoms with van der Waals surface area (Å²) >= 11 is 0. The molecule has 1 aromatic carbocycles. The molecule has 0 amide bonds. The Morgan fingerprint density at radius 1 is 1.32 bits per heavy atom. The molecule has 0 saturated carbocycles. The van der Waals surface area contributed by atoms with Gasteiger partial charge in [0.25, 0.3) is 0 Å². The van der Waals surface area contributed by atoms with E-state index in [1.165, 1.54) is 0 Å². The van der Waals surface area contributed by atoms with Gasteiger partial charge in [-0.1, -0.05) is 11.6 Å². The summed E-state index contributed by atoms with van der Waals surface area (Å²) in [6, 6.07) is 6.95. The second-order valence-electron chi connectivity index (χ2n) is 4.29. The molecule has 1 heterocycles. The Balaban J connectivity index is 2.05. The third-order valence-corrected chi connectivity index (χ3v) is 2.56. The van der Waals surface area contributed by atoms with Gasteiger partial charge in [-0.05, 0) is 25.1 Å². The summed E-state index contributed by atoms with van der Waals surface area (Å²) in [5.74, 6) is -0.437. The van der Waals surface area contributed by atoms with Crippen LogP contribution < -0.4 is 5.32 Å². The number of carbonyl (C=O) groups is 1. The summed E-state index contributed by atoms with van der Waals surface area (Å²) in [6.07, 6.45) is -4.33. The first kappa shape index (κ1) is 13.6. The van der Waals surface area contributed by atoms with Crippen molar-refractivity contribution in [2.24, 2.45) is 0 Å². The van der Waals surface area contributed by atoms with Crippen molar-refractivity contribution in [3.63, 3.8) is 0 Å². The molecule has 0 unspecified atom stereocenters. The van der Waals surface area contributed by atoms with Gasteiger partial charge in [0.15, 0.2) is 5.76 Å². The number of hydrogen-bond donors (Lipinski definition) is 1. The molecule has 6 heteroatoms. The van der Waals surface area contributed by atoms with Crippen LogP contribution in [0.1, 0.15) is 16.1 Å². The van der Waals surface area contributed by atoms with Crippen molar-refractivity contribution in [2.75, 3.05) is 13.1 Å². The number of halogens is 3. The molecule has 1 aromatic heterocycles. The highest BCUT2D eigenvalue weighted by atomic mass is 19.4. The summed E-state index contributed by atoms with van der Waals surface area (Å²) in [4.78, 5) is 11.7. The zero-order valence-electron chi connectivity index (χ0n) is 10.2. The maximum absolute atomic E-state index is 11.9. The molecule has 0 aliphatic rings. The second kappa shape index (κ2) is 5.05. The van der Waals surface area contributed by atoms with Gasteiger partial charge in [-0.15, -0.1) is 0 Å². The van der Waals surface area contributed by atoms with Gasteiger partial charge in [0.05, 0.1) is 13.1 Å². The molecular formula is C13H12F3NO2. The van der Waals surface area contributed by atoms with Gasteiger partial charge in [-0.3, -0.25) is 4.79 Å². The summed E-state index contributed by atoms with van der Waals surface area (Å²) in [7, 11) is 0. The van der Waals surface area contributed by atoms with Crippen LogP contribution in [0.2, 0.25) is 0 Å². The van der Waals surface area contributed by atoms with Gasteiger partial charge in [0.1, 0.15) is 5.58 Å². The average molecular weight is 271 g/mol. The molecule has 0 saturated heterocycles. The first-order chi connectivity index (χ1) is 8.85. The molecule has 3 nitrogen and oxygen atoms in total. The van der Waals surface area contributed by atoms with Crippen LogP contribution in [0, 0.1) is 6.92 Å². The fourth-order valence-corrected chi connectivity index (χ4v) is 1.71. The van der Waals surface area contributed by atoms with Crippen LogP contribution in [0.25, 0.3) is 11.0 Å². The van der Waals surface area contributed by atoms with E-state index >= 15 is 0 Å². The second-order valence-corrected chi connectivity index (χ2v) is 4.29. The Hall–Kier alpha value is -1.82. The zero-order chi connectivity index (χ0) is 14.0. The van der Waals surface area contributed by atoms with Gasteiger partial charge < -0.3 is 9.73 Å². The summed E-state index contributed by atoms with van der Waals surface area (Å²) < 4.78 is 41.1. The molecular weight excluding hydrogens is 259 g/mol. The van der Waals surface area contributed by atoms with E-state index in [4.69, 9.17) is 4.42 Å². The third-order valence-electron chi connectivity index (χ3n) is 2.56. The lowest BCUT2D eigenvalue weighted by atomic mass is 10.2. The van der Waals surface area contributed by atoms with Gasteiger partial charge in [-0.2, -0.15) is 13.2 Å². The number of hydrogen-bond acceptors (Lipinski definition) is 3. The molecule has 0 atom stereocenters. The highest BCUT2D eigenvalue weighted by Gasteiger charge is 2.26. The largest absolute Gasteiger partial charge is 0.453 e. The van der Waals surface area contributed by atoms with E-state index in [1.54, 1.807) is 12.1 Å². The Bertz CT molecular complexity index is 601. The molecule has 0 spiro atoms. The first-order valence-corrected chi connectivity index (χ1v) is 5.66. The van der Waals surface area contributed by atoms with Crippen molar-refractivity contribution in [2.45, 2.75) is 13.1 Å². The number of carbonyl (C=O) groups excluding carboxylic acids is 1. The minimum Gasteiger partial charge on any atom is -0.453 e. The number of benzene rings is 1. The molecule has 102 valence electrons. The number of furan rings is 1. The highest BCUT2D eigenvalue weighted by Crippen LogP contribution is 2.20. The quantitative estimate of drug-likeness (QED) is 0.869. The summed E-state index contributed by atoms with van der Waals surface area (Å²) in [6.45, 7) is 0.301. The van der Waals surface area contributed by atoms with Crippen LogP contribution in [-0.4, -0.2) is 25.0 Å². The fourth-order valence-electron chi connectivity index (χ4n) is 1.71. The molecule has 2 rings (SSSR count). The first-order valence-electron chi connectivity index (χ1n) is 5.66. The van der Waals surface area contributed by atoms with E-state index in [9.17, 15) is 18.0 Å². The van der Waals surface area contributed by atoms with Crippen molar-refractivity contribution in [1.29, 1.82) is 0 Å². The maximum atomic E-state index is 11.9. The highest BCUT2D eigenvalue weighted by molar-refractivity contribution is 5.98. The fraction of sp³-hybridized carbons (Fsp3) is 0.308. The van der Waals surface area contributed by atoms with Crippen molar-refractivity contribution < 1.29 is 22.4 Å². The van der Waals surface area contributed by atoms with Crippen LogP contribution in [0.5, 0.6) is 0 Å². The van der Waals surface area contributed by atoms with E-state index in [2.05, 4.69) is 0 Å². The molecule has 0 aliphatic heterocycles. The molecule has 0 aliphatic carbocycles. The van der Waals surface area contributed by atoms with E-state index in [0.29, 0.717) is 5.58 Å². The van der Waals surface area contributed by atoms with Crippen LogP contribution in [0.15, 0.2) is 28.7 Å². The lowest BCUT2D eigenvalue weighted by Gasteiger charge is -2.06. The van der Waals surface area contributed by atoms with Gasteiger partial charge in [0, 0.05) is 5.39 Å². The summed E-state index contributed by atoms with van der Waals surface area (Å²) in [5, 5.41) is 2.81. The Morgan fingerprint density at radius 3 is 2.74 bits per heavy atom. The van der Waals surface area contributed by atoms with Crippen molar-refractivity contribution in [3.05, 3.63) is 35.6 Å². The van der Waals surface area contributed by atoms with Crippen LogP contribution in [0.3, 0.4) is 0 Å². The smallest absolute Gasteiger partial charge is 0.401 e. The molecule has 1 N–H and O–H groups in total. The number of ketones is 1. The topological polar surface area (TPSA) is 42.2 Å². The molecule has 19 heavy (non-hydrogen) atoms. The van der Waals surface area contributed by atoms with Crippen molar-refractivity contribution >= 4 is 16.8 Å². The Kier molecular flexibility index (Phi) is 3.61. The number of aryl methyl sites for hydroxylation is 1. The predicted octanol–water partition coefficient (Wildman–Crippen LogP) is 3.08. The number of Topliss-reactive ketones (excluding diaryl/α,β-unsaturated/α-hetero) is 1. The minimum absolute atomic E-state index is 0.0651. The molecule has 0 bridgehead atoms. The van der Waals surface area contributed by atoms with Crippen LogP contribution in [-0.2, 0) is 0 Å². The minimum atomic E-state index is -4.33. The lowest BCUT2D eigenvalue weighted by molar-refractivity contribution is -0.124. The molecule has 0 radical (unpaired) electrons. The van der Waals surface area contributed by atoms with Gasteiger partial charge in [-0.25, -0.2) is 0 Å². The standard InChI is InChI=1S/C13H12F3NO2/c1-8-2-3-11-9(4-8)5-12(19-11)10(18)6-17-7-13(14,15)16/h2-5,17H,6-7H2,1H3. The summed E-state index contributed by atoms with van der Waals surface area (Å²) in [5.41, 5.74) is 1.56. The lowest BCUT2D eigenvalue weighted by Crippen LogP contribution is -2.32. The van der Waals surface area contributed by atoms with Crippen LogP contribution in [0.4, 0.5) is 13.2 Å². The number of nitrogens with one attached hydrogen (secondary N) is 1. The van der Waals surface area contributed by atoms with Crippen molar-refractivity contribution in [1.82, 2.24) is 5.32 Å². The van der Waals surface area contributed by atoms with Gasteiger partial charge >= 0.3 is 6.18 Å². The SMILES string of the molecule is Cc1ccc2oc(C(=O)CNCC(F)(F)F)cc2c1. The van der Waals surface area contributed by atoms with E-state index in [0.717, 1.165) is 10.9 Å². The number of fused-ring (bicyclic) bond motifs is 1. The predicted molar refractivity (Wildman–Crippen MR) is 64.2 cm³/mol. The zero-order valence-corrected chi connectivity index (χ0v) is 10.2. The van der Waals surface area contributed by atoms with Crippen LogP contribution >= 0.6 is 0 Å². The average Bonchev–Trinajstić information content (AvgIpc) is 2.70. The molecule has 2 aromatic rings. The third kappa shape index (κ3) is 3.57. The van der Waals surface area contributed by atoms with E-state index < -0.39 is 25.0 Å². The number of alkyl halides is 3. The van der Waals surface area contributed by atoms with E-state index in [-0.39, 0.29) is 5.76 Å². The van der Waals surface area contributed by atoms with Gasteiger partial charge in [0.2, 0.25) is 5.78 Å². The van der Waals surface area contributed by atoms with Crippen molar-refractivity contribution in [3.8, 4) is 0 Å². The Labute approximate surface area is 107 Å².